The average molecular weight is 156 g/mol. The smallest absolute Gasteiger partial charge is 0.0156 e. The van der Waals surface area contributed by atoms with Crippen LogP contribution in [0.5, 0.6) is 0 Å². The quantitative estimate of drug-likeness (QED) is 0.533. The van der Waals surface area contributed by atoms with Crippen molar-refractivity contribution in [2.45, 2.75) is 26.2 Å². The van der Waals surface area contributed by atoms with Gasteiger partial charge < -0.3 is 17.5 Å². The molecule has 0 N–H and O–H groups in total. The van der Waals surface area contributed by atoms with Crippen LogP contribution >= 0.6 is 0 Å². The molecule has 0 unspecified atom stereocenters. The highest BCUT2D eigenvalue weighted by atomic mass is 32.1. The molecule has 0 amide bonds. The minimum atomic E-state index is 1.03. The second-order valence-corrected chi connectivity index (χ2v) is 3.09. The molecule has 58 valence electrons. The molecule has 0 aromatic heterocycles. The van der Waals surface area contributed by atoms with E-state index in [1.54, 1.807) is 0 Å². The summed E-state index contributed by atoms with van der Waals surface area (Å²) in [6.07, 6.45) is 6.02. The molecular weight excluding hydrogens is 142 g/mol. The SMILES string of the molecule is C/C=C(\[S-])N1CCCCC1. The van der Waals surface area contributed by atoms with Crippen molar-refractivity contribution in [3.05, 3.63) is 11.1 Å². The molecule has 1 saturated heterocycles. The molecule has 0 radical (unpaired) electrons. The topological polar surface area (TPSA) is 3.24 Å². The third-order valence-corrected chi connectivity index (χ3v) is 2.41. The van der Waals surface area contributed by atoms with Gasteiger partial charge in [0.2, 0.25) is 0 Å². The van der Waals surface area contributed by atoms with Crippen LogP contribution in [0.25, 0.3) is 0 Å². The first-order chi connectivity index (χ1) is 4.84. The third-order valence-electron chi connectivity index (χ3n) is 1.91. The van der Waals surface area contributed by atoms with E-state index in [2.05, 4.69) is 4.90 Å². The van der Waals surface area contributed by atoms with Crippen molar-refractivity contribution in [1.82, 2.24) is 4.90 Å². The second-order valence-electron chi connectivity index (χ2n) is 2.67. The van der Waals surface area contributed by atoms with Crippen molar-refractivity contribution in [3.63, 3.8) is 0 Å². The van der Waals surface area contributed by atoms with Crippen LogP contribution in [0.15, 0.2) is 11.1 Å². The Labute approximate surface area is 68.5 Å². The molecule has 1 rings (SSSR count). The van der Waals surface area contributed by atoms with Crippen molar-refractivity contribution < 1.29 is 0 Å². The van der Waals surface area contributed by atoms with Crippen LogP contribution in [0, 0.1) is 0 Å². The molecule has 1 aliphatic heterocycles. The van der Waals surface area contributed by atoms with E-state index in [4.69, 9.17) is 12.6 Å². The first-order valence-electron chi connectivity index (χ1n) is 3.93. The van der Waals surface area contributed by atoms with Crippen LogP contribution in [-0.2, 0) is 12.6 Å². The second kappa shape index (κ2) is 3.81. The lowest BCUT2D eigenvalue weighted by Crippen LogP contribution is -2.27. The summed E-state index contributed by atoms with van der Waals surface area (Å²) in [5.41, 5.74) is 0. The molecule has 0 aliphatic carbocycles. The lowest BCUT2D eigenvalue weighted by molar-refractivity contribution is 0.302. The van der Waals surface area contributed by atoms with Crippen LogP contribution in [0.1, 0.15) is 26.2 Å². The Bertz CT molecular complexity index is 125. The molecule has 0 aromatic carbocycles. The fourth-order valence-corrected chi connectivity index (χ4v) is 1.48. The molecule has 0 bridgehead atoms. The Morgan fingerprint density at radius 2 is 1.90 bits per heavy atom. The van der Waals surface area contributed by atoms with Gasteiger partial charge in [-0.25, -0.2) is 0 Å². The largest absolute Gasteiger partial charge is 0.763 e. The lowest BCUT2D eigenvalue weighted by atomic mass is 10.1. The Kier molecular flexibility index (Phi) is 3.00. The van der Waals surface area contributed by atoms with E-state index in [0.717, 1.165) is 5.03 Å². The van der Waals surface area contributed by atoms with Gasteiger partial charge in [-0.05, 0) is 26.2 Å². The molecule has 10 heavy (non-hydrogen) atoms. The van der Waals surface area contributed by atoms with Crippen LogP contribution in [0.4, 0.5) is 0 Å². The lowest BCUT2D eigenvalue weighted by Gasteiger charge is -2.35. The monoisotopic (exact) mass is 156 g/mol. The number of likely N-dealkylation sites (tertiary alicyclic amines) is 1. The molecule has 0 aromatic rings. The summed E-state index contributed by atoms with van der Waals surface area (Å²) < 4.78 is 0. The zero-order valence-electron chi connectivity index (χ0n) is 6.47. The first-order valence-corrected chi connectivity index (χ1v) is 4.33. The summed E-state index contributed by atoms with van der Waals surface area (Å²) in [5.74, 6) is 0. The van der Waals surface area contributed by atoms with Crippen molar-refractivity contribution in [2.24, 2.45) is 0 Å². The van der Waals surface area contributed by atoms with Gasteiger partial charge in [-0.3, -0.25) is 0 Å². The maximum atomic E-state index is 5.15. The van der Waals surface area contributed by atoms with Crippen LogP contribution in [0.3, 0.4) is 0 Å². The average Bonchev–Trinajstić information content (AvgIpc) is 2.05. The van der Waals surface area contributed by atoms with E-state index in [1.165, 1.54) is 32.4 Å². The van der Waals surface area contributed by atoms with Gasteiger partial charge in [-0.2, -0.15) is 0 Å². The van der Waals surface area contributed by atoms with Crippen LogP contribution in [-0.4, -0.2) is 18.0 Å². The van der Waals surface area contributed by atoms with Crippen molar-refractivity contribution >= 4 is 12.6 Å². The van der Waals surface area contributed by atoms with E-state index >= 15 is 0 Å². The van der Waals surface area contributed by atoms with Crippen molar-refractivity contribution in [1.29, 1.82) is 0 Å². The molecule has 0 atom stereocenters. The van der Waals surface area contributed by atoms with Crippen molar-refractivity contribution in [3.8, 4) is 0 Å². The fraction of sp³-hybridized carbons (Fsp3) is 0.750. The minimum Gasteiger partial charge on any atom is -0.763 e. The summed E-state index contributed by atoms with van der Waals surface area (Å²) >= 11 is 5.15. The normalized spacial score (nSPS) is 21.3. The van der Waals surface area contributed by atoms with Gasteiger partial charge in [0.25, 0.3) is 0 Å². The van der Waals surface area contributed by atoms with Gasteiger partial charge in [0.05, 0.1) is 0 Å². The van der Waals surface area contributed by atoms with Gasteiger partial charge >= 0.3 is 0 Å². The fourth-order valence-electron chi connectivity index (χ4n) is 1.30. The third kappa shape index (κ3) is 1.87. The summed E-state index contributed by atoms with van der Waals surface area (Å²) in [6.45, 7) is 4.35. The number of nitrogens with zero attached hydrogens (tertiary/aromatic N) is 1. The van der Waals surface area contributed by atoms with Gasteiger partial charge in [-0.15, -0.1) is 5.03 Å². The Morgan fingerprint density at radius 3 is 2.40 bits per heavy atom. The zero-order chi connectivity index (χ0) is 7.40. The van der Waals surface area contributed by atoms with E-state index in [9.17, 15) is 0 Å². The summed E-state index contributed by atoms with van der Waals surface area (Å²) in [7, 11) is 0. The van der Waals surface area contributed by atoms with Crippen molar-refractivity contribution in [2.75, 3.05) is 13.1 Å². The molecule has 1 heterocycles. The zero-order valence-corrected chi connectivity index (χ0v) is 7.28. The standard InChI is InChI=1S/C8H15NS/c1-2-8(10)9-6-4-3-5-7-9/h2,10H,3-7H2,1H3/p-1/b8-2-. The van der Waals surface area contributed by atoms with Gasteiger partial charge in [-0.1, -0.05) is 6.08 Å². The number of piperidine rings is 1. The van der Waals surface area contributed by atoms with Crippen LogP contribution < -0.4 is 0 Å². The maximum absolute atomic E-state index is 5.15. The molecule has 1 nitrogen and oxygen atoms in total. The summed E-state index contributed by atoms with van der Waals surface area (Å²) in [6, 6.07) is 0. The van der Waals surface area contributed by atoms with E-state index in [-0.39, 0.29) is 0 Å². The number of hydrogen-bond donors (Lipinski definition) is 0. The minimum absolute atomic E-state index is 1.03. The highest BCUT2D eigenvalue weighted by Gasteiger charge is 2.05. The summed E-state index contributed by atoms with van der Waals surface area (Å²) in [5, 5.41) is 1.03. The Morgan fingerprint density at radius 1 is 1.30 bits per heavy atom. The molecule has 0 saturated carbocycles. The predicted octanol–water partition coefficient (Wildman–Crippen LogP) is 1.88. The Hall–Kier alpha value is -0.240. The van der Waals surface area contributed by atoms with E-state index < -0.39 is 0 Å². The Balaban J connectivity index is 2.39. The van der Waals surface area contributed by atoms with E-state index in [0.29, 0.717) is 0 Å². The first kappa shape index (κ1) is 7.86. The van der Waals surface area contributed by atoms with Gasteiger partial charge in [0, 0.05) is 13.1 Å². The molecule has 1 aliphatic rings. The molecule has 1 fully saturated rings. The van der Waals surface area contributed by atoms with E-state index in [1.807, 2.05) is 13.0 Å². The van der Waals surface area contributed by atoms with Crippen LogP contribution in [0.2, 0.25) is 0 Å². The molecule has 2 heteroatoms. The number of hydrogen-bond acceptors (Lipinski definition) is 2. The summed E-state index contributed by atoms with van der Waals surface area (Å²) in [4.78, 5) is 2.29. The van der Waals surface area contributed by atoms with Gasteiger partial charge in [0.15, 0.2) is 0 Å². The molecule has 0 spiro atoms. The molecular formula is C8H14NS-. The van der Waals surface area contributed by atoms with Gasteiger partial charge in [0.1, 0.15) is 0 Å². The predicted molar refractivity (Wildman–Crippen MR) is 46.5 cm³/mol. The number of allylic oxidation sites excluding steroid dienone is 1. The number of rotatable bonds is 1. The maximum Gasteiger partial charge on any atom is 0.0156 e. The highest BCUT2D eigenvalue weighted by molar-refractivity contribution is 7.63. The highest BCUT2D eigenvalue weighted by Crippen LogP contribution is 2.12.